The standard InChI is InChI=1S/C16H22O3/c1-6-13-10-8-9-11-14(13)15(17)18-12(3)19-16(4,5)7-2/h6,8-12H,1,7H2,2-5H3. The summed E-state index contributed by atoms with van der Waals surface area (Å²) in [5, 5.41) is 0. The molecule has 0 aliphatic rings. The fourth-order valence-electron chi connectivity index (χ4n) is 1.63. The Labute approximate surface area is 115 Å². The van der Waals surface area contributed by atoms with Crippen LogP contribution in [0.25, 0.3) is 6.08 Å². The number of carbonyl (C=O) groups is 1. The van der Waals surface area contributed by atoms with Gasteiger partial charge in [0.1, 0.15) is 0 Å². The molecule has 0 heterocycles. The van der Waals surface area contributed by atoms with Crippen LogP contribution in [0.3, 0.4) is 0 Å². The van der Waals surface area contributed by atoms with Crippen molar-refractivity contribution in [2.75, 3.05) is 0 Å². The van der Waals surface area contributed by atoms with Gasteiger partial charge >= 0.3 is 5.97 Å². The maximum Gasteiger partial charge on any atom is 0.341 e. The van der Waals surface area contributed by atoms with Gasteiger partial charge in [0.05, 0.1) is 11.2 Å². The van der Waals surface area contributed by atoms with Crippen LogP contribution in [0.5, 0.6) is 0 Å². The smallest absolute Gasteiger partial charge is 0.341 e. The van der Waals surface area contributed by atoms with E-state index in [0.29, 0.717) is 5.56 Å². The fourth-order valence-corrected chi connectivity index (χ4v) is 1.63. The van der Waals surface area contributed by atoms with Gasteiger partial charge in [0.15, 0.2) is 0 Å². The molecule has 0 radical (unpaired) electrons. The molecule has 19 heavy (non-hydrogen) atoms. The van der Waals surface area contributed by atoms with E-state index >= 15 is 0 Å². The second-order valence-corrected chi connectivity index (χ2v) is 5.00. The van der Waals surface area contributed by atoms with Crippen molar-refractivity contribution < 1.29 is 14.3 Å². The lowest BCUT2D eigenvalue weighted by Gasteiger charge is -2.27. The summed E-state index contributed by atoms with van der Waals surface area (Å²) in [4.78, 5) is 12.1. The molecule has 0 aliphatic heterocycles. The zero-order valence-corrected chi connectivity index (χ0v) is 12.1. The number of carbonyl (C=O) groups excluding carboxylic acids is 1. The number of benzene rings is 1. The minimum absolute atomic E-state index is 0.308. The number of hydrogen-bond acceptors (Lipinski definition) is 3. The van der Waals surface area contributed by atoms with E-state index in [1.165, 1.54) is 0 Å². The first-order valence-corrected chi connectivity index (χ1v) is 6.50. The third kappa shape index (κ3) is 4.52. The number of esters is 1. The van der Waals surface area contributed by atoms with Gasteiger partial charge in [0.25, 0.3) is 0 Å². The van der Waals surface area contributed by atoms with Crippen molar-refractivity contribution in [2.24, 2.45) is 0 Å². The number of rotatable bonds is 6. The maximum absolute atomic E-state index is 12.1. The van der Waals surface area contributed by atoms with Gasteiger partial charge in [-0.2, -0.15) is 0 Å². The van der Waals surface area contributed by atoms with Crippen molar-refractivity contribution in [3.63, 3.8) is 0 Å². The van der Waals surface area contributed by atoms with Crippen molar-refractivity contribution >= 4 is 12.0 Å². The molecule has 3 heteroatoms. The van der Waals surface area contributed by atoms with Crippen LogP contribution in [-0.2, 0) is 9.47 Å². The molecule has 3 nitrogen and oxygen atoms in total. The molecule has 0 aromatic heterocycles. The lowest BCUT2D eigenvalue weighted by Crippen LogP contribution is -2.31. The molecule has 0 bridgehead atoms. The third-order valence-electron chi connectivity index (χ3n) is 3.01. The minimum Gasteiger partial charge on any atom is -0.432 e. The summed E-state index contributed by atoms with van der Waals surface area (Å²) >= 11 is 0. The normalized spacial score (nSPS) is 12.8. The summed E-state index contributed by atoms with van der Waals surface area (Å²) in [6, 6.07) is 7.20. The van der Waals surface area contributed by atoms with Gasteiger partial charge in [0, 0.05) is 0 Å². The first-order chi connectivity index (χ1) is 8.89. The van der Waals surface area contributed by atoms with E-state index in [1.807, 2.05) is 32.9 Å². The number of hydrogen-bond donors (Lipinski definition) is 0. The van der Waals surface area contributed by atoms with Crippen molar-refractivity contribution in [3.05, 3.63) is 42.0 Å². The van der Waals surface area contributed by atoms with Gasteiger partial charge in [-0.3, -0.25) is 0 Å². The van der Waals surface area contributed by atoms with Crippen LogP contribution in [0.4, 0.5) is 0 Å². The SMILES string of the molecule is C=Cc1ccccc1C(=O)OC(C)OC(C)(C)CC. The van der Waals surface area contributed by atoms with Crippen molar-refractivity contribution in [1.82, 2.24) is 0 Å². The van der Waals surface area contributed by atoms with Gasteiger partial charge in [-0.05, 0) is 38.8 Å². The largest absolute Gasteiger partial charge is 0.432 e. The first kappa shape index (κ1) is 15.4. The molecule has 0 spiro atoms. The van der Waals surface area contributed by atoms with E-state index < -0.39 is 12.3 Å². The van der Waals surface area contributed by atoms with Crippen molar-refractivity contribution in [1.29, 1.82) is 0 Å². The first-order valence-electron chi connectivity index (χ1n) is 6.50. The molecule has 104 valence electrons. The van der Waals surface area contributed by atoms with E-state index in [4.69, 9.17) is 9.47 Å². The summed E-state index contributed by atoms with van der Waals surface area (Å²) in [6.07, 6.45) is 1.90. The number of ether oxygens (including phenoxy) is 2. The fraction of sp³-hybridized carbons (Fsp3) is 0.438. The molecule has 0 saturated heterocycles. The molecule has 1 unspecified atom stereocenters. The average molecular weight is 262 g/mol. The van der Waals surface area contributed by atoms with Crippen LogP contribution in [0.1, 0.15) is 50.0 Å². The summed E-state index contributed by atoms with van der Waals surface area (Å²) in [5.41, 5.74) is 0.953. The second-order valence-electron chi connectivity index (χ2n) is 5.00. The minimum atomic E-state index is -0.583. The zero-order valence-electron chi connectivity index (χ0n) is 12.1. The molecule has 0 aliphatic carbocycles. The van der Waals surface area contributed by atoms with E-state index in [-0.39, 0.29) is 5.60 Å². The zero-order chi connectivity index (χ0) is 14.5. The Morgan fingerprint density at radius 1 is 1.42 bits per heavy atom. The molecule has 1 aromatic rings. The third-order valence-corrected chi connectivity index (χ3v) is 3.01. The lowest BCUT2D eigenvalue weighted by molar-refractivity contribution is -0.165. The van der Waals surface area contributed by atoms with E-state index in [2.05, 4.69) is 6.58 Å². The summed E-state index contributed by atoms with van der Waals surface area (Å²) in [6.45, 7) is 11.4. The molecule has 0 amide bonds. The van der Waals surface area contributed by atoms with Gasteiger partial charge in [-0.1, -0.05) is 37.8 Å². The predicted molar refractivity (Wildman–Crippen MR) is 76.9 cm³/mol. The quantitative estimate of drug-likeness (QED) is 0.573. The topological polar surface area (TPSA) is 35.5 Å². The Bertz CT molecular complexity index is 449. The van der Waals surface area contributed by atoms with E-state index in [9.17, 15) is 4.79 Å². The van der Waals surface area contributed by atoms with Gasteiger partial charge in [-0.25, -0.2) is 4.79 Å². The van der Waals surface area contributed by atoms with Crippen LogP contribution in [0.15, 0.2) is 30.8 Å². The predicted octanol–water partition coefficient (Wildman–Crippen LogP) is 4.04. The van der Waals surface area contributed by atoms with E-state index in [1.54, 1.807) is 25.1 Å². The van der Waals surface area contributed by atoms with Crippen LogP contribution >= 0.6 is 0 Å². The Morgan fingerprint density at radius 3 is 2.63 bits per heavy atom. The van der Waals surface area contributed by atoms with Gasteiger partial charge in [0.2, 0.25) is 6.29 Å². The molecule has 0 saturated carbocycles. The molecule has 1 aromatic carbocycles. The highest BCUT2D eigenvalue weighted by molar-refractivity contribution is 5.93. The molecular weight excluding hydrogens is 240 g/mol. The van der Waals surface area contributed by atoms with Crippen LogP contribution in [0, 0.1) is 0 Å². The lowest BCUT2D eigenvalue weighted by atomic mass is 10.1. The second kappa shape index (κ2) is 6.53. The highest BCUT2D eigenvalue weighted by Gasteiger charge is 2.22. The maximum atomic E-state index is 12.1. The Balaban J connectivity index is 2.72. The monoisotopic (exact) mass is 262 g/mol. The Kier molecular flexibility index (Phi) is 5.31. The summed E-state index contributed by atoms with van der Waals surface area (Å²) < 4.78 is 11.0. The van der Waals surface area contributed by atoms with Crippen molar-refractivity contribution in [3.8, 4) is 0 Å². The van der Waals surface area contributed by atoms with Gasteiger partial charge < -0.3 is 9.47 Å². The summed E-state index contributed by atoms with van der Waals surface area (Å²) in [5.74, 6) is -0.394. The Morgan fingerprint density at radius 2 is 2.05 bits per heavy atom. The Hall–Kier alpha value is -1.61. The highest BCUT2D eigenvalue weighted by atomic mass is 16.7. The molecular formula is C16H22O3. The highest BCUT2D eigenvalue weighted by Crippen LogP contribution is 2.18. The molecule has 1 rings (SSSR count). The van der Waals surface area contributed by atoms with Crippen molar-refractivity contribution in [2.45, 2.75) is 46.0 Å². The van der Waals surface area contributed by atoms with E-state index in [0.717, 1.165) is 12.0 Å². The summed E-state index contributed by atoms with van der Waals surface area (Å²) in [7, 11) is 0. The molecule has 0 fully saturated rings. The van der Waals surface area contributed by atoms with Crippen LogP contribution < -0.4 is 0 Å². The van der Waals surface area contributed by atoms with Crippen LogP contribution in [0.2, 0.25) is 0 Å². The van der Waals surface area contributed by atoms with Gasteiger partial charge in [-0.15, -0.1) is 0 Å². The molecule has 1 atom stereocenters. The average Bonchev–Trinajstić information content (AvgIpc) is 2.37. The molecule has 0 N–H and O–H groups in total. The van der Waals surface area contributed by atoms with Crippen LogP contribution in [-0.4, -0.2) is 17.9 Å².